The summed E-state index contributed by atoms with van der Waals surface area (Å²) < 4.78 is 0. The second-order valence-corrected chi connectivity index (χ2v) is 5.69. The van der Waals surface area contributed by atoms with E-state index in [0.29, 0.717) is 0 Å². The van der Waals surface area contributed by atoms with Crippen LogP contribution >= 0.6 is 0 Å². The lowest BCUT2D eigenvalue weighted by molar-refractivity contribution is -0.126. The van der Waals surface area contributed by atoms with E-state index in [2.05, 4.69) is 15.5 Å². The summed E-state index contributed by atoms with van der Waals surface area (Å²) in [6.45, 7) is 13.1. The van der Waals surface area contributed by atoms with Crippen LogP contribution in [0.25, 0.3) is 0 Å². The van der Waals surface area contributed by atoms with Gasteiger partial charge in [0.05, 0.1) is 0 Å². The number of nitrogens with one attached hydrogen (secondary N) is 2. The van der Waals surface area contributed by atoms with Crippen LogP contribution in [-0.4, -0.2) is 49.1 Å². The first-order valence-corrected chi connectivity index (χ1v) is 6.13. The smallest absolute Gasteiger partial charge is 0.224 e. The number of rotatable bonds is 3. The third-order valence-electron chi connectivity index (χ3n) is 2.69. The van der Waals surface area contributed by atoms with Gasteiger partial charge >= 0.3 is 0 Å². The van der Waals surface area contributed by atoms with Gasteiger partial charge in [-0.3, -0.25) is 4.79 Å². The van der Waals surface area contributed by atoms with Crippen molar-refractivity contribution in [3.05, 3.63) is 0 Å². The van der Waals surface area contributed by atoms with Crippen LogP contribution in [0.1, 0.15) is 27.7 Å². The van der Waals surface area contributed by atoms with Crippen LogP contribution in [0.5, 0.6) is 0 Å². The van der Waals surface area contributed by atoms with E-state index in [4.69, 9.17) is 0 Å². The normalized spacial score (nSPS) is 20.5. The molecule has 1 saturated heterocycles. The van der Waals surface area contributed by atoms with Crippen molar-refractivity contribution >= 4 is 5.91 Å². The predicted octanol–water partition coefficient (Wildman–Crippen LogP) is 0.442. The van der Waals surface area contributed by atoms with Crippen molar-refractivity contribution in [3.8, 4) is 0 Å². The second kappa shape index (κ2) is 5.64. The van der Waals surface area contributed by atoms with Gasteiger partial charge in [0.15, 0.2) is 0 Å². The lowest BCUT2D eigenvalue weighted by Gasteiger charge is -2.30. The van der Waals surface area contributed by atoms with Crippen molar-refractivity contribution in [2.75, 3.05) is 32.7 Å². The zero-order chi connectivity index (χ0) is 12.2. The highest BCUT2D eigenvalue weighted by Gasteiger charge is 2.21. The van der Waals surface area contributed by atoms with E-state index < -0.39 is 0 Å². The molecule has 0 saturated carbocycles. The molecule has 1 unspecified atom stereocenters. The molecular formula is C12H25N3O. The summed E-state index contributed by atoms with van der Waals surface area (Å²) >= 11 is 0. The van der Waals surface area contributed by atoms with Crippen molar-refractivity contribution in [3.63, 3.8) is 0 Å². The SMILES string of the molecule is CC(CN1CCNCC1)C(=O)NC(C)(C)C. The molecule has 1 rings (SSSR count). The molecule has 4 heteroatoms. The topological polar surface area (TPSA) is 44.4 Å². The first-order valence-electron chi connectivity index (χ1n) is 6.13. The molecular weight excluding hydrogens is 202 g/mol. The van der Waals surface area contributed by atoms with Gasteiger partial charge in [0, 0.05) is 44.2 Å². The quantitative estimate of drug-likeness (QED) is 0.735. The Labute approximate surface area is 98.8 Å². The van der Waals surface area contributed by atoms with Crippen LogP contribution in [0.4, 0.5) is 0 Å². The molecule has 0 aromatic heterocycles. The maximum Gasteiger partial charge on any atom is 0.224 e. The molecule has 94 valence electrons. The van der Waals surface area contributed by atoms with E-state index in [-0.39, 0.29) is 17.4 Å². The molecule has 1 aliphatic rings. The lowest BCUT2D eigenvalue weighted by atomic mass is 10.1. The van der Waals surface area contributed by atoms with Crippen molar-refractivity contribution in [1.29, 1.82) is 0 Å². The van der Waals surface area contributed by atoms with Gasteiger partial charge in [0.25, 0.3) is 0 Å². The average Bonchev–Trinajstić information content (AvgIpc) is 2.16. The predicted molar refractivity (Wildman–Crippen MR) is 66.4 cm³/mol. The number of hydrogen-bond donors (Lipinski definition) is 2. The van der Waals surface area contributed by atoms with E-state index in [9.17, 15) is 4.79 Å². The van der Waals surface area contributed by atoms with Crippen LogP contribution in [0.3, 0.4) is 0 Å². The molecule has 1 aliphatic heterocycles. The highest BCUT2D eigenvalue weighted by atomic mass is 16.2. The summed E-state index contributed by atoms with van der Waals surface area (Å²) in [5.41, 5.74) is -0.130. The Kier molecular flexibility index (Phi) is 4.74. The van der Waals surface area contributed by atoms with Crippen LogP contribution in [0.2, 0.25) is 0 Å². The second-order valence-electron chi connectivity index (χ2n) is 5.69. The minimum atomic E-state index is -0.130. The summed E-state index contributed by atoms with van der Waals surface area (Å²) in [6, 6.07) is 0. The third kappa shape index (κ3) is 4.94. The molecule has 4 nitrogen and oxygen atoms in total. The van der Waals surface area contributed by atoms with Gasteiger partial charge in [-0.1, -0.05) is 6.92 Å². The van der Waals surface area contributed by atoms with Gasteiger partial charge in [-0.05, 0) is 20.8 Å². The molecule has 1 fully saturated rings. The summed E-state index contributed by atoms with van der Waals surface area (Å²) in [7, 11) is 0. The van der Waals surface area contributed by atoms with E-state index in [1.165, 1.54) is 0 Å². The van der Waals surface area contributed by atoms with E-state index in [1.807, 2.05) is 27.7 Å². The fourth-order valence-corrected chi connectivity index (χ4v) is 1.86. The van der Waals surface area contributed by atoms with Crippen LogP contribution in [0, 0.1) is 5.92 Å². The zero-order valence-electron chi connectivity index (χ0n) is 11.0. The molecule has 2 N–H and O–H groups in total. The van der Waals surface area contributed by atoms with Crippen molar-refractivity contribution < 1.29 is 4.79 Å². The molecule has 16 heavy (non-hydrogen) atoms. The fraction of sp³-hybridized carbons (Fsp3) is 0.917. The zero-order valence-corrected chi connectivity index (χ0v) is 11.0. The first kappa shape index (κ1) is 13.5. The molecule has 1 heterocycles. The Morgan fingerprint density at radius 2 is 1.94 bits per heavy atom. The number of nitrogens with zero attached hydrogens (tertiary/aromatic N) is 1. The van der Waals surface area contributed by atoms with Crippen LogP contribution in [0.15, 0.2) is 0 Å². The van der Waals surface area contributed by atoms with Crippen molar-refractivity contribution in [2.45, 2.75) is 33.2 Å². The van der Waals surface area contributed by atoms with Crippen LogP contribution in [-0.2, 0) is 4.79 Å². The Morgan fingerprint density at radius 3 is 2.44 bits per heavy atom. The number of amides is 1. The van der Waals surface area contributed by atoms with Gasteiger partial charge in [-0.25, -0.2) is 0 Å². The van der Waals surface area contributed by atoms with Gasteiger partial charge in [-0.2, -0.15) is 0 Å². The number of hydrogen-bond acceptors (Lipinski definition) is 3. The summed E-state index contributed by atoms with van der Waals surface area (Å²) in [5.74, 6) is 0.225. The first-order chi connectivity index (χ1) is 7.38. The number of piperazine rings is 1. The number of carbonyl (C=O) groups is 1. The van der Waals surface area contributed by atoms with Crippen LogP contribution < -0.4 is 10.6 Å². The Bertz CT molecular complexity index is 229. The molecule has 1 atom stereocenters. The largest absolute Gasteiger partial charge is 0.351 e. The maximum atomic E-state index is 11.9. The summed E-state index contributed by atoms with van der Waals surface area (Å²) in [6.07, 6.45) is 0. The molecule has 1 amide bonds. The standard InChI is InChI=1S/C12H25N3O/c1-10(11(16)14-12(2,3)4)9-15-7-5-13-6-8-15/h10,13H,5-9H2,1-4H3,(H,14,16). The van der Waals surface area contributed by atoms with Crippen molar-refractivity contribution in [2.24, 2.45) is 5.92 Å². The number of carbonyl (C=O) groups excluding carboxylic acids is 1. The minimum Gasteiger partial charge on any atom is -0.351 e. The van der Waals surface area contributed by atoms with Gasteiger partial charge in [0.1, 0.15) is 0 Å². The molecule has 0 aromatic carbocycles. The van der Waals surface area contributed by atoms with E-state index in [1.54, 1.807) is 0 Å². The Hall–Kier alpha value is -0.610. The van der Waals surface area contributed by atoms with Crippen molar-refractivity contribution in [1.82, 2.24) is 15.5 Å². The minimum absolute atomic E-state index is 0.0670. The molecule has 0 aromatic rings. The molecule has 0 spiro atoms. The van der Waals surface area contributed by atoms with Gasteiger partial charge < -0.3 is 15.5 Å². The van der Waals surface area contributed by atoms with Gasteiger partial charge in [-0.15, -0.1) is 0 Å². The van der Waals surface area contributed by atoms with Gasteiger partial charge in [0.2, 0.25) is 5.91 Å². The summed E-state index contributed by atoms with van der Waals surface area (Å²) in [4.78, 5) is 14.2. The Balaban J connectivity index is 2.33. The maximum absolute atomic E-state index is 11.9. The average molecular weight is 227 g/mol. The summed E-state index contributed by atoms with van der Waals surface area (Å²) in [5, 5.41) is 6.34. The lowest BCUT2D eigenvalue weighted by Crippen LogP contribution is -2.49. The Morgan fingerprint density at radius 1 is 1.38 bits per heavy atom. The molecule has 0 aliphatic carbocycles. The fourth-order valence-electron chi connectivity index (χ4n) is 1.86. The van der Waals surface area contributed by atoms with E-state index in [0.717, 1.165) is 32.7 Å². The van der Waals surface area contributed by atoms with E-state index >= 15 is 0 Å². The molecule has 0 radical (unpaired) electrons. The molecule has 0 bridgehead atoms. The highest BCUT2D eigenvalue weighted by Crippen LogP contribution is 2.05. The third-order valence-corrected chi connectivity index (χ3v) is 2.69. The highest BCUT2D eigenvalue weighted by molar-refractivity contribution is 5.79. The monoisotopic (exact) mass is 227 g/mol.